The predicted octanol–water partition coefficient (Wildman–Crippen LogP) is 2.97. The van der Waals surface area contributed by atoms with Crippen LogP contribution in [0.15, 0.2) is 24.3 Å². The molecule has 21 heavy (non-hydrogen) atoms. The molecular formula is C16H22O5. The van der Waals surface area contributed by atoms with Crippen LogP contribution in [0.3, 0.4) is 0 Å². The van der Waals surface area contributed by atoms with Crippen molar-refractivity contribution in [1.29, 1.82) is 0 Å². The van der Waals surface area contributed by atoms with E-state index in [1.54, 1.807) is 58.9 Å². The van der Waals surface area contributed by atoms with Crippen LogP contribution in [0.4, 0.5) is 0 Å². The highest BCUT2D eigenvalue weighted by Crippen LogP contribution is 2.25. The average molecular weight is 294 g/mol. The van der Waals surface area contributed by atoms with Crippen LogP contribution in [-0.2, 0) is 14.3 Å². The quantitative estimate of drug-likeness (QED) is 0.799. The summed E-state index contributed by atoms with van der Waals surface area (Å²) >= 11 is 0. The number of hydrogen-bond donors (Lipinski definition) is 0. The average Bonchev–Trinajstić information content (AvgIpc) is 2.36. The highest BCUT2D eigenvalue weighted by Gasteiger charge is 2.35. The Morgan fingerprint density at radius 3 is 2.10 bits per heavy atom. The number of hydrogen-bond acceptors (Lipinski definition) is 5. The molecule has 5 heteroatoms. The minimum Gasteiger partial charge on any atom is -0.475 e. The van der Waals surface area contributed by atoms with Gasteiger partial charge in [-0.3, -0.25) is 0 Å². The Bertz CT molecular complexity index is 526. The van der Waals surface area contributed by atoms with Gasteiger partial charge in [-0.05, 0) is 46.8 Å². The summed E-state index contributed by atoms with van der Waals surface area (Å²) in [7, 11) is 1.29. The van der Waals surface area contributed by atoms with E-state index in [4.69, 9.17) is 14.2 Å². The van der Waals surface area contributed by atoms with Crippen molar-refractivity contribution in [3.63, 3.8) is 0 Å². The molecule has 0 amide bonds. The standard InChI is InChI=1S/C16H22O5/c1-15(2,3)21-14(18)16(4,5)20-12-10-8-7-9-11(12)13(17)19-6/h7-10H,1-6H3. The van der Waals surface area contributed by atoms with E-state index < -0.39 is 23.1 Å². The zero-order valence-electron chi connectivity index (χ0n) is 13.4. The second-order valence-electron chi connectivity index (χ2n) is 6.10. The van der Waals surface area contributed by atoms with Crippen molar-refractivity contribution in [1.82, 2.24) is 0 Å². The third-order valence-corrected chi connectivity index (χ3v) is 2.55. The number of benzene rings is 1. The van der Waals surface area contributed by atoms with Gasteiger partial charge in [0.1, 0.15) is 16.9 Å². The van der Waals surface area contributed by atoms with E-state index in [2.05, 4.69) is 0 Å². The van der Waals surface area contributed by atoms with E-state index in [0.29, 0.717) is 0 Å². The summed E-state index contributed by atoms with van der Waals surface area (Å²) in [5, 5.41) is 0. The van der Waals surface area contributed by atoms with Gasteiger partial charge in [-0.2, -0.15) is 0 Å². The summed E-state index contributed by atoms with van der Waals surface area (Å²) in [6, 6.07) is 6.59. The van der Waals surface area contributed by atoms with Crippen LogP contribution in [0.1, 0.15) is 45.0 Å². The number of para-hydroxylation sites is 1. The molecule has 0 aliphatic carbocycles. The van der Waals surface area contributed by atoms with E-state index in [9.17, 15) is 9.59 Å². The lowest BCUT2D eigenvalue weighted by Gasteiger charge is -2.29. The molecular weight excluding hydrogens is 272 g/mol. The van der Waals surface area contributed by atoms with Gasteiger partial charge in [-0.25, -0.2) is 9.59 Å². The first-order chi connectivity index (χ1) is 9.57. The fraction of sp³-hybridized carbons (Fsp3) is 0.500. The van der Waals surface area contributed by atoms with Crippen molar-refractivity contribution >= 4 is 11.9 Å². The first-order valence-corrected chi connectivity index (χ1v) is 6.66. The van der Waals surface area contributed by atoms with E-state index in [1.165, 1.54) is 7.11 Å². The Kier molecular flexibility index (Phi) is 4.99. The molecule has 116 valence electrons. The molecule has 0 fully saturated rings. The molecule has 0 radical (unpaired) electrons. The summed E-state index contributed by atoms with van der Waals surface area (Å²) in [5.41, 5.74) is -1.58. The van der Waals surface area contributed by atoms with Crippen LogP contribution in [0.2, 0.25) is 0 Å². The zero-order chi connectivity index (χ0) is 16.3. The molecule has 1 aromatic carbocycles. The van der Waals surface area contributed by atoms with Gasteiger partial charge in [0.25, 0.3) is 0 Å². The van der Waals surface area contributed by atoms with Gasteiger partial charge in [-0.15, -0.1) is 0 Å². The Labute approximate surface area is 125 Å². The Morgan fingerprint density at radius 1 is 1.00 bits per heavy atom. The third-order valence-electron chi connectivity index (χ3n) is 2.55. The van der Waals surface area contributed by atoms with Gasteiger partial charge in [0.15, 0.2) is 5.60 Å². The molecule has 1 aromatic rings. The van der Waals surface area contributed by atoms with Gasteiger partial charge in [0.2, 0.25) is 0 Å². The maximum absolute atomic E-state index is 12.2. The first kappa shape index (κ1) is 17.0. The predicted molar refractivity (Wildman–Crippen MR) is 78.3 cm³/mol. The topological polar surface area (TPSA) is 61.8 Å². The minimum absolute atomic E-state index is 0.261. The third kappa shape index (κ3) is 4.77. The maximum atomic E-state index is 12.2. The molecule has 0 saturated carbocycles. The van der Waals surface area contributed by atoms with Crippen LogP contribution >= 0.6 is 0 Å². The summed E-state index contributed by atoms with van der Waals surface area (Å²) in [6.45, 7) is 8.53. The lowest BCUT2D eigenvalue weighted by molar-refractivity contribution is -0.171. The SMILES string of the molecule is COC(=O)c1ccccc1OC(C)(C)C(=O)OC(C)(C)C. The van der Waals surface area contributed by atoms with Crippen molar-refractivity contribution < 1.29 is 23.8 Å². The molecule has 5 nitrogen and oxygen atoms in total. The van der Waals surface area contributed by atoms with Crippen molar-refractivity contribution in [3.05, 3.63) is 29.8 Å². The van der Waals surface area contributed by atoms with Crippen molar-refractivity contribution in [2.45, 2.75) is 45.8 Å². The normalized spacial score (nSPS) is 11.7. The number of esters is 2. The molecule has 0 saturated heterocycles. The molecule has 0 spiro atoms. The molecule has 0 heterocycles. The number of methoxy groups -OCH3 is 1. The highest BCUT2D eigenvalue weighted by atomic mass is 16.6. The lowest BCUT2D eigenvalue weighted by atomic mass is 10.1. The minimum atomic E-state index is -1.22. The largest absolute Gasteiger partial charge is 0.475 e. The van der Waals surface area contributed by atoms with Crippen LogP contribution in [0, 0.1) is 0 Å². The summed E-state index contributed by atoms with van der Waals surface area (Å²) < 4.78 is 15.7. The van der Waals surface area contributed by atoms with E-state index in [-0.39, 0.29) is 11.3 Å². The maximum Gasteiger partial charge on any atom is 0.350 e. The molecule has 0 aliphatic heterocycles. The van der Waals surface area contributed by atoms with Crippen molar-refractivity contribution in [2.75, 3.05) is 7.11 Å². The molecule has 1 rings (SSSR count). The molecule has 0 atom stereocenters. The molecule has 0 aromatic heterocycles. The molecule has 0 aliphatic rings. The number of ether oxygens (including phenoxy) is 3. The van der Waals surface area contributed by atoms with Gasteiger partial charge < -0.3 is 14.2 Å². The Balaban J connectivity index is 2.99. The van der Waals surface area contributed by atoms with Crippen molar-refractivity contribution in [3.8, 4) is 5.75 Å². The monoisotopic (exact) mass is 294 g/mol. The first-order valence-electron chi connectivity index (χ1n) is 6.66. The molecule has 0 N–H and O–H groups in total. The Hall–Kier alpha value is -2.04. The second-order valence-corrected chi connectivity index (χ2v) is 6.10. The van der Waals surface area contributed by atoms with Gasteiger partial charge in [0.05, 0.1) is 7.11 Å². The zero-order valence-corrected chi connectivity index (χ0v) is 13.4. The fourth-order valence-electron chi connectivity index (χ4n) is 1.55. The number of rotatable bonds is 4. The van der Waals surface area contributed by atoms with Crippen LogP contribution in [-0.4, -0.2) is 30.3 Å². The van der Waals surface area contributed by atoms with Crippen LogP contribution in [0.25, 0.3) is 0 Å². The van der Waals surface area contributed by atoms with E-state index in [1.807, 2.05) is 0 Å². The summed E-state index contributed by atoms with van der Waals surface area (Å²) in [4.78, 5) is 23.9. The Morgan fingerprint density at radius 2 is 1.57 bits per heavy atom. The van der Waals surface area contributed by atoms with Gasteiger partial charge in [0, 0.05) is 0 Å². The van der Waals surface area contributed by atoms with Crippen LogP contribution < -0.4 is 4.74 Å². The van der Waals surface area contributed by atoms with Crippen molar-refractivity contribution in [2.24, 2.45) is 0 Å². The molecule has 0 unspecified atom stereocenters. The van der Waals surface area contributed by atoms with E-state index >= 15 is 0 Å². The molecule has 0 bridgehead atoms. The van der Waals surface area contributed by atoms with Crippen LogP contribution in [0.5, 0.6) is 5.75 Å². The number of carbonyl (C=O) groups is 2. The number of carbonyl (C=O) groups excluding carboxylic acids is 2. The van der Waals surface area contributed by atoms with E-state index in [0.717, 1.165) is 0 Å². The summed E-state index contributed by atoms with van der Waals surface area (Å²) in [6.07, 6.45) is 0. The summed E-state index contributed by atoms with van der Waals surface area (Å²) in [5.74, 6) is -0.750. The fourth-order valence-corrected chi connectivity index (χ4v) is 1.55. The van der Waals surface area contributed by atoms with Gasteiger partial charge in [-0.1, -0.05) is 12.1 Å². The highest BCUT2D eigenvalue weighted by molar-refractivity contribution is 5.92. The smallest absolute Gasteiger partial charge is 0.350 e. The second kappa shape index (κ2) is 6.16. The van der Waals surface area contributed by atoms with Gasteiger partial charge >= 0.3 is 11.9 Å². The lowest BCUT2D eigenvalue weighted by Crippen LogP contribution is -2.43.